The number of nitrogens with zero attached hydrogens (tertiary/aromatic N) is 2. The molecule has 3 aromatic rings. The van der Waals surface area contributed by atoms with Gasteiger partial charge in [-0.1, -0.05) is 35.9 Å². The Balaban J connectivity index is 1.64. The molecular weight excluding hydrogens is 371 g/mol. The highest BCUT2D eigenvalue weighted by Gasteiger charge is 2.41. The smallest absolute Gasteiger partial charge is 0.215 e. The Kier molecular flexibility index (Phi) is 3.72. The van der Waals surface area contributed by atoms with Crippen molar-refractivity contribution >= 4 is 28.6 Å². The third-order valence-electron chi connectivity index (χ3n) is 4.73. The zero-order chi connectivity index (χ0) is 17.7. The van der Waals surface area contributed by atoms with E-state index < -0.39 is 6.23 Å². The van der Waals surface area contributed by atoms with E-state index in [4.69, 9.17) is 21.4 Å². The Morgan fingerprint density at radius 1 is 1.12 bits per heavy atom. The maximum Gasteiger partial charge on any atom is 0.215 e. The average molecular weight is 385 g/mol. The molecule has 0 spiro atoms. The quantitative estimate of drug-likeness (QED) is 0.559. The lowest BCUT2D eigenvalue weighted by atomic mass is 9.97. The maximum absolute atomic E-state index is 13.9. The van der Waals surface area contributed by atoms with E-state index >= 15 is 0 Å². The monoisotopic (exact) mass is 384 g/mol. The highest BCUT2D eigenvalue weighted by molar-refractivity contribution is 7.12. The molecule has 0 unspecified atom stereocenters. The molecule has 0 N–H and O–H groups in total. The van der Waals surface area contributed by atoms with Gasteiger partial charge in [-0.05, 0) is 35.7 Å². The molecule has 5 rings (SSSR count). The zero-order valence-corrected chi connectivity index (χ0v) is 15.2. The van der Waals surface area contributed by atoms with Crippen LogP contribution < -0.4 is 4.74 Å². The Bertz CT molecular complexity index is 1000. The van der Waals surface area contributed by atoms with Crippen molar-refractivity contribution < 1.29 is 9.13 Å². The first-order valence-corrected chi connectivity index (χ1v) is 9.57. The molecule has 0 saturated carbocycles. The molecule has 0 saturated heterocycles. The number of ether oxygens (including phenoxy) is 1. The van der Waals surface area contributed by atoms with Gasteiger partial charge in [0.1, 0.15) is 11.6 Å². The second kappa shape index (κ2) is 6.11. The van der Waals surface area contributed by atoms with Gasteiger partial charge in [0.15, 0.2) is 0 Å². The molecule has 1 aromatic heterocycles. The third kappa shape index (κ3) is 2.50. The molecule has 0 amide bonds. The van der Waals surface area contributed by atoms with Crippen LogP contribution in [0.1, 0.15) is 34.7 Å². The van der Waals surface area contributed by atoms with E-state index in [2.05, 4.69) is 12.1 Å². The van der Waals surface area contributed by atoms with Gasteiger partial charge in [0.25, 0.3) is 0 Å². The van der Waals surface area contributed by atoms with E-state index in [0.717, 1.165) is 28.3 Å². The predicted octanol–water partition coefficient (Wildman–Crippen LogP) is 5.78. The van der Waals surface area contributed by atoms with Crippen molar-refractivity contribution in [1.29, 1.82) is 0 Å². The van der Waals surface area contributed by atoms with Gasteiger partial charge in [-0.3, -0.25) is 0 Å². The van der Waals surface area contributed by atoms with Crippen LogP contribution in [0.25, 0.3) is 0 Å². The van der Waals surface area contributed by atoms with Crippen molar-refractivity contribution in [3.63, 3.8) is 0 Å². The van der Waals surface area contributed by atoms with Gasteiger partial charge >= 0.3 is 0 Å². The number of halogens is 2. The molecule has 0 fully saturated rings. The molecule has 2 aromatic carbocycles. The standard InChI is InChI=1S/C20H14ClFN2OS/c21-15-8-7-12(22)10-14(15)20-24-17(13-4-1-2-5-18(13)25-20)11-16(23-24)19-6-3-9-26-19/h1-10,17,20H,11H2/t17-,20+/m0/s1. The van der Waals surface area contributed by atoms with Crippen molar-refractivity contribution in [3.05, 3.63) is 86.8 Å². The van der Waals surface area contributed by atoms with Gasteiger partial charge in [0, 0.05) is 22.6 Å². The molecule has 3 heterocycles. The topological polar surface area (TPSA) is 24.8 Å². The van der Waals surface area contributed by atoms with Crippen LogP contribution in [-0.2, 0) is 0 Å². The Morgan fingerprint density at radius 3 is 2.85 bits per heavy atom. The summed E-state index contributed by atoms with van der Waals surface area (Å²) in [5, 5.41) is 9.26. The fourth-order valence-electron chi connectivity index (χ4n) is 3.53. The summed E-state index contributed by atoms with van der Waals surface area (Å²) >= 11 is 8.03. The summed E-state index contributed by atoms with van der Waals surface area (Å²) < 4.78 is 20.1. The minimum atomic E-state index is -0.560. The summed E-state index contributed by atoms with van der Waals surface area (Å²) in [5.74, 6) is 0.451. The van der Waals surface area contributed by atoms with E-state index in [1.54, 1.807) is 17.4 Å². The number of benzene rings is 2. The summed E-state index contributed by atoms with van der Waals surface area (Å²) in [6, 6.07) is 16.4. The van der Waals surface area contributed by atoms with Crippen LogP contribution in [0.5, 0.6) is 5.75 Å². The van der Waals surface area contributed by atoms with Crippen LogP contribution in [0, 0.1) is 5.82 Å². The summed E-state index contributed by atoms with van der Waals surface area (Å²) in [6.07, 6.45) is 0.222. The largest absolute Gasteiger partial charge is 0.464 e. The van der Waals surface area contributed by atoms with Gasteiger partial charge in [-0.15, -0.1) is 11.3 Å². The van der Waals surface area contributed by atoms with Crippen LogP contribution in [0.15, 0.2) is 65.1 Å². The number of hydrogen-bond donors (Lipinski definition) is 0. The molecule has 2 aliphatic rings. The lowest BCUT2D eigenvalue weighted by Crippen LogP contribution is -2.33. The summed E-state index contributed by atoms with van der Waals surface area (Å²) in [7, 11) is 0. The van der Waals surface area contributed by atoms with E-state index in [9.17, 15) is 4.39 Å². The molecule has 130 valence electrons. The Morgan fingerprint density at radius 2 is 2.00 bits per heavy atom. The second-order valence-corrected chi connectivity index (χ2v) is 7.65. The normalized spacial score (nSPS) is 21.0. The molecule has 0 bridgehead atoms. The highest BCUT2D eigenvalue weighted by atomic mass is 35.5. The predicted molar refractivity (Wildman–Crippen MR) is 101 cm³/mol. The molecule has 3 nitrogen and oxygen atoms in total. The fraction of sp³-hybridized carbons (Fsp3) is 0.150. The number of hydrazone groups is 1. The summed E-state index contributed by atoms with van der Waals surface area (Å²) in [6.45, 7) is 0. The van der Waals surface area contributed by atoms with Gasteiger partial charge in [0.05, 0.1) is 16.6 Å². The SMILES string of the molecule is Fc1ccc(Cl)c([C@H]2Oc3ccccc3[C@@H]3CC(c4cccs4)=NN23)c1. The van der Waals surface area contributed by atoms with E-state index in [0.29, 0.717) is 10.6 Å². The van der Waals surface area contributed by atoms with E-state index in [1.807, 2.05) is 34.7 Å². The first-order valence-electron chi connectivity index (χ1n) is 8.31. The first-order chi connectivity index (χ1) is 12.7. The van der Waals surface area contributed by atoms with Crippen LogP contribution in [0.3, 0.4) is 0 Å². The van der Waals surface area contributed by atoms with Crippen LogP contribution in [0.2, 0.25) is 5.02 Å². The third-order valence-corrected chi connectivity index (χ3v) is 5.99. The molecule has 26 heavy (non-hydrogen) atoms. The number of thiophene rings is 1. The average Bonchev–Trinajstić information content (AvgIpc) is 3.32. The van der Waals surface area contributed by atoms with Crippen molar-refractivity contribution in [2.45, 2.75) is 18.7 Å². The second-order valence-electron chi connectivity index (χ2n) is 6.30. The Labute approximate surface area is 159 Å². The fourth-order valence-corrected chi connectivity index (χ4v) is 4.47. The molecule has 0 radical (unpaired) electrons. The lowest BCUT2D eigenvalue weighted by Gasteiger charge is -2.38. The van der Waals surface area contributed by atoms with Crippen LogP contribution in [0.4, 0.5) is 4.39 Å². The maximum atomic E-state index is 13.9. The lowest BCUT2D eigenvalue weighted by molar-refractivity contribution is -0.0191. The number of rotatable bonds is 2. The minimum absolute atomic E-state index is 0.0429. The van der Waals surface area contributed by atoms with E-state index in [-0.39, 0.29) is 11.9 Å². The molecular formula is C20H14ClFN2OS. The molecule has 2 aliphatic heterocycles. The number of fused-ring (bicyclic) bond motifs is 3. The van der Waals surface area contributed by atoms with Crippen molar-refractivity contribution in [2.75, 3.05) is 0 Å². The van der Waals surface area contributed by atoms with Crippen LogP contribution >= 0.6 is 22.9 Å². The van der Waals surface area contributed by atoms with Gasteiger partial charge in [-0.2, -0.15) is 5.10 Å². The van der Waals surface area contributed by atoms with Crippen molar-refractivity contribution in [3.8, 4) is 5.75 Å². The van der Waals surface area contributed by atoms with Crippen molar-refractivity contribution in [1.82, 2.24) is 5.01 Å². The van der Waals surface area contributed by atoms with Gasteiger partial charge in [0.2, 0.25) is 6.23 Å². The molecule has 2 atom stereocenters. The van der Waals surface area contributed by atoms with Crippen LogP contribution in [-0.4, -0.2) is 10.7 Å². The molecule has 0 aliphatic carbocycles. The van der Waals surface area contributed by atoms with E-state index in [1.165, 1.54) is 12.1 Å². The number of hydrogen-bond acceptors (Lipinski definition) is 4. The Hall–Kier alpha value is -2.37. The van der Waals surface area contributed by atoms with Crippen molar-refractivity contribution in [2.24, 2.45) is 5.10 Å². The minimum Gasteiger partial charge on any atom is -0.464 e. The summed E-state index contributed by atoms with van der Waals surface area (Å²) in [5.41, 5.74) is 2.69. The highest BCUT2D eigenvalue weighted by Crippen LogP contribution is 2.48. The first kappa shape index (κ1) is 15.9. The zero-order valence-electron chi connectivity index (χ0n) is 13.6. The number of para-hydroxylation sites is 1. The summed E-state index contributed by atoms with van der Waals surface area (Å²) in [4.78, 5) is 1.14. The van der Waals surface area contributed by atoms with Gasteiger partial charge < -0.3 is 4.74 Å². The van der Waals surface area contributed by atoms with Gasteiger partial charge in [-0.25, -0.2) is 9.40 Å². The molecule has 6 heteroatoms.